The zero-order valence-electron chi connectivity index (χ0n) is 14.0. The Bertz CT molecular complexity index is 1030. The highest BCUT2D eigenvalue weighted by molar-refractivity contribution is 7.92. The first-order valence-corrected chi connectivity index (χ1v) is 10.2. The maximum atomic E-state index is 12.7. The molecule has 150 valence electrons. The predicted octanol–water partition coefficient (Wildman–Crippen LogP) is 2.72. The van der Waals surface area contributed by atoms with Gasteiger partial charge in [-0.1, -0.05) is 23.5 Å². The largest absolute Gasteiger partial charge is 0.501 e. The van der Waals surface area contributed by atoms with E-state index in [1.807, 2.05) is 0 Å². The molecule has 1 fully saturated rings. The summed E-state index contributed by atoms with van der Waals surface area (Å²) in [6.07, 6.45) is 2.29. The first-order chi connectivity index (χ1) is 13.0. The third-order valence-electron chi connectivity index (χ3n) is 4.21. The van der Waals surface area contributed by atoms with Crippen molar-refractivity contribution in [3.05, 3.63) is 40.9 Å². The first-order valence-electron chi connectivity index (χ1n) is 7.94. The Morgan fingerprint density at radius 2 is 2.00 bits per heavy atom. The summed E-state index contributed by atoms with van der Waals surface area (Å²) in [6.45, 7) is 0.456. The molecule has 0 bridgehead atoms. The van der Waals surface area contributed by atoms with E-state index in [2.05, 4.69) is 4.98 Å². The van der Waals surface area contributed by atoms with Gasteiger partial charge in [0.1, 0.15) is 6.04 Å². The SMILES string of the molecule is O=C(c1cccc(S(=O)(=O)C(F)(F)F)c1)c1cnc(N2CCC[C@H]2C(=O)O)s1. The van der Waals surface area contributed by atoms with E-state index >= 15 is 0 Å². The third-order valence-corrected chi connectivity index (χ3v) is 6.73. The van der Waals surface area contributed by atoms with Crippen molar-refractivity contribution in [3.63, 3.8) is 0 Å². The minimum Gasteiger partial charge on any atom is -0.480 e. The van der Waals surface area contributed by atoms with Gasteiger partial charge < -0.3 is 10.0 Å². The van der Waals surface area contributed by atoms with E-state index in [0.717, 1.165) is 23.5 Å². The van der Waals surface area contributed by atoms with Gasteiger partial charge in [-0.05, 0) is 25.0 Å². The lowest BCUT2D eigenvalue weighted by Gasteiger charge is -2.19. The second-order valence-electron chi connectivity index (χ2n) is 6.00. The molecule has 0 spiro atoms. The van der Waals surface area contributed by atoms with Crippen LogP contribution in [0.15, 0.2) is 35.4 Å². The number of hydrogen-bond donors (Lipinski definition) is 1. The van der Waals surface area contributed by atoms with E-state index in [1.165, 1.54) is 12.3 Å². The van der Waals surface area contributed by atoms with Crippen molar-refractivity contribution in [2.45, 2.75) is 29.3 Å². The Kier molecular flexibility index (Phi) is 5.19. The average Bonchev–Trinajstić information content (AvgIpc) is 3.29. The number of rotatable bonds is 5. The summed E-state index contributed by atoms with van der Waals surface area (Å²) in [5, 5.41) is 9.54. The first kappa shape index (κ1) is 20.3. The second kappa shape index (κ2) is 7.17. The van der Waals surface area contributed by atoms with Gasteiger partial charge >= 0.3 is 11.5 Å². The van der Waals surface area contributed by atoms with E-state index in [9.17, 15) is 36.3 Å². The molecule has 0 amide bonds. The van der Waals surface area contributed by atoms with E-state index in [0.29, 0.717) is 30.6 Å². The van der Waals surface area contributed by atoms with Crippen molar-refractivity contribution >= 4 is 38.1 Å². The smallest absolute Gasteiger partial charge is 0.480 e. The number of ketones is 1. The molecule has 0 aliphatic carbocycles. The van der Waals surface area contributed by atoms with E-state index in [4.69, 9.17) is 0 Å². The van der Waals surface area contributed by atoms with Crippen LogP contribution < -0.4 is 4.90 Å². The Hall–Kier alpha value is -2.47. The fourth-order valence-electron chi connectivity index (χ4n) is 2.84. The summed E-state index contributed by atoms with van der Waals surface area (Å²) in [4.78, 5) is 28.5. The van der Waals surface area contributed by atoms with Crippen LogP contribution in [-0.4, -0.2) is 48.4 Å². The van der Waals surface area contributed by atoms with Gasteiger partial charge in [0.05, 0.1) is 16.0 Å². The average molecular weight is 434 g/mol. The number of alkyl halides is 3. The van der Waals surface area contributed by atoms with Crippen LogP contribution >= 0.6 is 11.3 Å². The molecule has 2 aromatic rings. The monoisotopic (exact) mass is 434 g/mol. The second-order valence-corrected chi connectivity index (χ2v) is 8.95. The molecule has 0 unspecified atom stereocenters. The van der Waals surface area contributed by atoms with Crippen LogP contribution in [0.5, 0.6) is 0 Å². The minimum absolute atomic E-state index is 0.0626. The summed E-state index contributed by atoms with van der Waals surface area (Å²) in [5.41, 5.74) is -5.72. The Morgan fingerprint density at radius 3 is 2.64 bits per heavy atom. The number of hydrogen-bond acceptors (Lipinski definition) is 7. The van der Waals surface area contributed by atoms with Crippen LogP contribution in [0.1, 0.15) is 28.1 Å². The van der Waals surface area contributed by atoms with Crippen molar-refractivity contribution < 1.29 is 36.3 Å². The van der Waals surface area contributed by atoms with Crippen molar-refractivity contribution in [1.29, 1.82) is 0 Å². The third kappa shape index (κ3) is 3.61. The number of carbonyl (C=O) groups is 2. The number of halogens is 3. The van der Waals surface area contributed by atoms with E-state index in [1.54, 1.807) is 4.90 Å². The molecule has 3 rings (SSSR count). The van der Waals surface area contributed by atoms with Gasteiger partial charge in [0.2, 0.25) is 5.78 Å². The zero-order valence-corrected chi connectivity index (χ0v) is 15.6. The lowest BCUT2D eigenvalue weighted by Crippen LogP contribution is -2.35. The lowest BCUT2D eigenvalue weighted by molar-refractivity contribution is -0.138. The van der Waals surface area contributed by atoms with Crippen molar-refractivity contribution in [2.75, 3.05) is 11.4 Å². The standard InChI is InChI=1S/C16H13F3N2O5S2/c17-16(18,19)28(25,26)10-4-1-3-9(7-10)13(22)12-8-20-15(27-12)21-6-2-5-11(21)14(23)24/h1,3-4,7-8,11H,2,5-6H2,(H,23,24)/t11-/m0/s1. The summed E-state index contributed by atoms with van der Waals surface area (Å²) < 4.78 is 61.2. The lowest BCUT2D eigenvalue weighted by atomic mass is 10.1. The number of carbonyl (C=O) groups excluding carboxylic acids is 1. The molecular formula is C16H13F3N2O5S2. The molecule has 1 aromatic heterocycles. The van der Waals surface area contributed by atoms with Crippen LogP contribution in [0.25, 0.3) is 0 Å². The predicted molar refractivity (Wildman–Crippen MR) is 93.2 cm³/mol. The molecular weight excluding hydrogens is 421 g/mol. The van der Waals surface area contributed by atoms with Crippen LogP contribution in [-0.2, 0) is 14.6 Å². The summed E-state index contributed by atoms with van der Waals surface area (Å²) in [6, 6.07) is 2.93. The molecule has 12 heteroatoms. The summed E-state index contributed by atoms with van der Waals surface area (Å²) in [5.74, 6) is -1.71. The fourth-order valence-corrected chi connectivity index (χ4v) is 4.60. The molecule has 0 radical (unpaired) electrons. The number of carboxylic acid groups (broad SMARTS) is 1. The summed E-state index contributed by atoms with van der Waals surface area (Å²) in [7, 11) is -5.58. The topological polar surface area (TPSA) is 105 Å². The number of thiazole rings is 1. The van der Waals surface area contributed by atoms with Crippen molar-refractivity contribution in [2.24, 2.45) is 0 Å². The van der Waals surface area contributed by atoms with Gasteiger partial charge in [0, 0.05) is 12.1 Å². The molecule has 2 heterocycles. The molecule has 1 saturated heterocycles. The molecule has 1 aromatic carbocycles. The normalized spacial score (nSPS) is 17.7. The Balaban J connectivity index is 1.89. The number of aromatic nitrogens is 1. The number of carboxylic acids is 1. The van der Waals surface area contributed by atoms with Gasteiger partial charge in [-0.3, -0.25) is 4.79 Å². The maximum absolute atomic E-state index is 12.7. The quantitative estimate of drug-likeness (QED) is 0.722. The Morgan fingerprint density at radius 1 is 1.29 bits per heavy atom. The molecule has 28 heavy (non-hydrogen) atoms. The number of sulfone groups is 1. The molecule has 1 aliphatic rings. The van der Waals surface area contributed by atoms with Gasteiger partial charge in [-0.25, -0.2) is 18.2 Å². The highest BCUT2D eigenvalue weighted by Gasteiger charge is 2.47. The van der Waals surface area contributed by atoms with Crippen molar-refractivity contribution in [3.8, 4) is 0 Å². The zero-order chi connectivity index (χ0) is 20.7. The highest BCUT2D eigenvalue weighted by Crippen LogP contribution is 2.33. The fraction of sp³-hybridized carbons (Fsp3) is 0.312. The van der Waals surface area contributed by atoms with Crippen LogP contribution in [0.3, 0.4) is 0 Å². The maximum Gasteiger partial charge on any atom is 0.501 e. The molecule has 1 N–H and O–H groups in total. The molecule has 0 saturated carbocycles. The molecule has 1 atom stereocenters. The minimum atomic E-state index is -5.58. The van der Waals surface area contributed by atoms with E-state index in [-0.39, 0.29) is 10.4 Å². The van der Waals surface area contributed by atoms with E-state index < -0.39 is 38.0 Å². The summed E-state index contributed by atoms with van der Waals surface area (Å²) >= 11 is 0.903. The van der Waals surface area contributed by atoms with Gasteiger partial charge in [0.25, 0.3) is 9.84 Å². The number of aliphatic carboxylic acids is 1. The van der Waals surface area contributed by atoms with Gasteiger partial charge in [-0.2, -0.15) is 13.2 Å². The number of benzene rings is 1. The molecule has 7 nitrogen and oxygen atoms in total. The van der Waals surface area contributed by atoms with Crippen molar-refractivity contribution in [1.82, 2.24) is 4.98 Å². The van der Waals surface area contributed by atoms with Crippen LogP contribution in [0, 0.1) is 0 Å². The highest BCUT2D eigenvalue weighted by atomic mass is 32.2. The van der Waals surface area contributed by atoms with Gasteiger partial charge in [-0.15, -0.1) is 0 Å². The van der Waals surface area contributed by atoms with Crippen LogP contribution in [0.4, 0.5) is 18.3 Å². The number of anilines is 1. The molecule has 1 aliphatic heterocycles. The van der Waals surface area contributed by atoms with Crippen LogP contribution in [0.2, 0.25) is 0 Å². The Labute approximate surface area is 161 Å². The van der Waals surface area contributed by atoms with Gasteiger partial charge in [0.15, 0.2) is 5.13 Å². The number of nitrogens with zero attached hydrogens (tertiary/aromatic N) is 2.